The maximum absolute atomic E-state index is 5.27. The van der Waals surface area contributed by atoms with Gasteiger partial charge in [0.15, 0.2) is 5.11 Å². The predicted octanol–water partition coefficient (Wildman–Crippen LogP) is 3.67. The lowest BCUT2D eigenvalue weighted by molar-refractivity contribution is -0.00126. The van der Waals surface area contributed by atoms with Crippen LogP contribution in [0.5, 0.6) is 0 Å². The van der Waals surface area contributed by atoms with Crippen LogP contribution in [0.2, 0.25) is 0 Å². The summed E-state index contributed by atoms with van der Waals surface area (Å²) in [6, 6.07) is 10.4. The van der Waals surface area contributed by atoms with E-state index in [0.29, 0.717) is 16.4 Å². The van der Waals surface area contributed by atoms with Gasteiger partial charge in [-0.05, 0) is 59.9 Å². The normalized spacial score (nSPS) is 24.7. The zero-order valence-electron chi connectivity index (χ0n) is 13.9. The van der Waals surface area contributed by atoms with Crippen LogP contribution in [0.4, 0.5) is 0 Å². The molecule has 4 heteroatoms. The number of hydrazone groups is 1. The molecule has 2 N–H and O–H groups in total. The summed E-state index contributed by atoms with van der Waals surface area (Å²) in [6.45, 7) is 5.55. The highest BCUT2D eigenvalue weighted by Gasteiger charge is 2.50. The number of hydrogen-bond donors (Lipinski definition) is 2. The van der Waals surface area contributed by atoms with Crippen LogP contribution in [0.25, 0.3) is 0 Å². The number of nitrogens with zero attached hydrogens (tertiary/aromatic N) is 1. The van der Waals surface area contributed by atoms with E-state index in [9.17, 15) is 0 Å². The van der Waals surface area contributed by atoms with E-state index < -0.39 is 0 Å². The molecule has 0 radical (unpaired) electrons. The summed E-state index contributed by atoms with van der Waals surface area (Å²) in [5.74, 6) is 1.52. The largest absolute Gasteiger partial charge is 0.361 e. The van der Waals surface area contributed by atoms with Gasteiger partial charge in [-0.15, -0.1) is 0 Å². The first-order chi connectivity index (χ1) is 11.1. The standard InChI is InChI=1S/C19H25N3S/c1-19(2)16-9-8-15(17(19)12-16)13-21-22-18(23)20-11-10-14-6-4-3-5-7-14/h3-8,13,16-17H,9-12H2,1-2H3,(H2,20,22,23). The molecule has 1 saturated carbocycles. The zero-order valence-corrected chi connectivity index (χ0v) is 14.7. The second-order valence-corrected chi connectivity index (χ2v) is 7.52. The lowest BCUT2D eigenvalue weighted by Crippen LogP contribution is -2.48. The number of rotatable bonds is 5. The summed E-state index contributed by atoms with van der Waals surface area (Å²) in [7, 11) is 0. The van der Waals surface area contributed by atoms with Gasteiger partial charge in [-0.1, -0.05) is 50.3 Å². The molecule has 2 unspecified atom stereocenters. The van der Waals surface area contributed by atoms with Crippen LogP contribution < -0.4 is 10.7 Å². The number of allylic oxidation sites excluding steroid dienone is 2. The number of nitrogens with one attached hydrogen (secondary N) is 2. The van der Waals surface area contributed by atoms with Gasteiger partial charge < -0.3 is 5.32 Å². The molecule has 1 aromatic carbocycles. The van der Waals surface area contributed by atoms with Crippen LogP contribution in [-0.4, -0.2) is 17.9 Å². The van der Waals surface area contributed by atoms with E-state index in [1.807, 2.05) is 12.3 Å². The molecular formula is C19H25N3S. The zero-order chi connectivity index (χ0) is 16.3. The SMILES string of the molecule is CC1(C)C2CC=C(C=NNC(=S)NCCc3ccccc3)C1C2. The molecule has 3 nitrogen and oxygen atoms in total. The van der Waals surface area contributed by atoms with Crippen LogP contribution in [0, 0.1) is 17.3 Å². The van der Waals surface area contributed by atoms with Gasteiger partial charge in [-0.2, -0.15) is 5.10 Å². The van der Waals surface area contributed by atoms with Gasteiger partial charge in [0.2, 0.25) is 0 Å². The molecule has 23 heavy (non-hydrogen) atoms. The Morgan fingerprint density at radius 3 is 2.83 bits per heavy atom. The van der Waals surface area contributed by atoms with E-state index in [2.05, 4.69) is 60.0 Å². The molecule has 3 aliphatic rings. The Morgan fingerprint density at radius 1 is 1.35 bits per heavy atom. The van der Waals surface area contributed by atoms with E-state index >= 15 is 0 Å². The summed E-state index contributed by atoms with van der Waals surface area (Å²) in [5, 5.41) is 8.09. The lowest BCUT2D eigenvalue weighted by Gasteiger charge is -2.55. The molecule has 1 aromatic rings. The van der Waals surface area contributed by atoms with E-state index in [1.54, 1.807) is 0 Å². The average Bonchev–Trinajstić information content (AvgIpc) is 2.56. The maximum Gasteiger partial charge on any atom is 0.186 e. The van der Waals surface area contributed by atoms with Gasteiger partial charge in [-0.3, -0.25) is 5.43 Å². The smallest absolute Gasteiger partial charge is 0.186 e. The van der Waals surface area contributed by atoms with Crippen molar-refractivity contribution >= 4 is 23.5 Å². The molecule has 1 fully saturated rings. The highest BCUT2D eigenvalue weighted by Crippen LogP contribution is 2.58. The van der Waals surface area contributed by atoms with Crippen molar-refractivity contribution in [2.24, 2.45) is 22.4 Å². The first kappa shape index (κ1) is 16.2. The van der Waals surface area contributed by atoms with Crippen molar-refractivity contribution in [3.63, 3.8) is 0 Å². The average molecular weight is 327 g/mol. The number of hydrogen-bond acceptors (Lipinski definition) is 2. The molecule has 2 bridgehead atoms. The Hall–Kier alpha value is -1.68. The molecule has 0 spiro atoms. The van der Waals surface area contributed by atoms with Gasteiger partial charge in [0, 0.05) is 6.54 Å². The number of thiocarbonyl (C=S) groups is 1. The quantitative estimate of drug-likeness (QED) is 0.492. The molecule has 0 aromatic heterocycles. The molecule has 4 rings (SSSR count). The van der Waals surface area contributed by atoms with Gasteiger partial charge in [0.25, 0.3) is 0 Å². The fourth-order valence-electron chi connectivity index (χ4n) is 3.71. The van der Waals surface area contributed by atoms with E-state index in [0.717, 1.165) is 18.9 Å². The van der Waals surface area contributed by atoms with Crippen molar-refractivity contribution in [3.05, 3.63) is 47.5 Å². The monoisotopic (exact) mass is 327 g/mol. The van der Waals surface area contributed by atoms with Crippen LogP contribution in [0.3, 0.4) is 0 Å². The Morgan fingerprint density at radius 2 is 2.13 bits per heavy atom. The van der Waals surface area contributed by atoms with Gasteiger partial charge in [0.05, 0.1) is 6.21 Å². The third-order valence-corrected chi connectivity index (χ3v) is 5.67. The first-order valence-electron chi connectivity index (χ1n) is 8.38. The van der Waals surface area contributed by atoms with Gasteiger partial charge >= 0.3 is 0 Å². The van der Waals surface area contributed by atoms with Crippen LogP contribution in [-0.2, 0) is 6.42 Å². The fraction of sp³-hybridized carbons (Fsp3) is 0.474. The van der Waals surface area contributed by atoms with Gasteiger partial charge in [0.1, 0.15) is 0 Å². The predicted molar refractivity (Wildman–Crippen MR) is 100 cm³/mol. The second-order valence-electron chi connectivity index (χ2n) is 7.11. The Bertz CT molecular complexity index is 619. The summed E-state index contributed by atoms with van der Waals surface area (Å²) < 4.78 is 0. The molecular weight excluding hydrogens is 302 g/mol. The number of fused-ring (bicyclic) bond motifs is 1. The summed E-state index contributed by atoms with van der Waals surface area (Å²) in [6.07, 6.45) is 7.73. The topological polar surface area (TPSA) is 36.4 Å². The highest BCUT2D eigenvalue weighted by molar-refractivity contribution is 7.80. The molecule has 0 aliphatic heterocycles. The minimum atomic E-state index is 0.435. The minimum Gasteiger partial charge on any atom is -0.361 e. The molecule has 2 atom stereocenters. The third kappa shape index (κ3) is 3.63. The van der Waals surface area contributed by atoms with Crippen LogP contribution in [0.15, 0.2) is 47.1 Å². The Labute approximate surface area is 144 Å². The lowest BCUT2D eigenvalue weighted by atomic mass is 9.49. The molecule has 3 aliphatic carbocycles. The van der Waals surface area contributed by atoms with Crippen molar-refractivity contribution < 1.29 is 0 Å². The number of benzene rings is 1. The molecule has 0 heterocycles. The third-order valence-electron chi connectivity index (χ3n) is 5.43. The summed E-state index contributed by atoms with van der Waals surface area (Å²) in [4.78, 5) is 0. The molecule has 0 amide bonds. The highest BCUT2D eigenvalue weighted by atomic mass is 32.1. The van der Waals surface area contributed by atoms with Crippen molar-refractivity contribution in [2.75, 3.05) is 6.54 Å². The first-order valence-corrected chi connectivity index (χ1v) is 8.79. The Kier molecular flexibility index (Phi) is 4.81. The van der Waals surface area contributed by atoms with Gasteiger partial charge in [-0.25, -0.2) is 0 Å². The van der Waals surface area contributed by atoms with Crippen LogP contribution in [0.1, 0.15) is 32.3 Å². The van der Waals surface area contributed by atoms with E-state index in [-0.39, 0.29) is 0 Å². The second kappa shape index (κ2) is 6.83. The minimum absolute atomic E-state index is 0.435. The van der Waals surface area contributed by atoms with Crippen molar-refractivity contribution in [3.8, 4) is 0 Å². The Balaban J connectivity index is 1.40. The van der Waals surface area contributed by atoms with Crippen molar-refractivity contribution in [2.45, 2.75) is 33.1 Å². The summed E-state index contributed by atoms with van der Waals surface area (Å²) in [5.41, 5.74) is 6.03. The van der Waals surface area contributed by atoms with Crippen molar-refractivity contribution in [1.29, 1.82) is 0 Å². The van der Waals surface area contributed by atoms with Crippen LogP contribution >= 0.6 is 12.2 Å². The summed E-state index contributed by atoms with van der Waals surface area (Å²) >= 11 is 5.27. The van der Waals surface area contributed by atoms with E-state index in [4.69, 9.17) is 12.2 Å². The molecule has 0 saturated heterocycles. The molecule has 122 valence electrons. The fourth-order valence-corrected chi connectivity index (χ4v) is 3.87. The van der Waals surface area contributed by atoms with Crippen molar-refractivity contribution in [1.82, 2.24) is 10.7 Å². The maximum atomic E-state index is 5.27. The van der Waals surface area contributed by atoms with E-state index in [1.165, 1.54) is 24.0 Å².